The molecule has 0 heterocycles. The number of carbonyl (C=O) groups is 1. The summed E-state index contributed by atoms with van der Waals surface area (Å²) in [6, 6.07) is 19.5. The molecule has 0 bridgehead atoms. The topological polar surface area (TPSA) is 26.3 Å². The van der Waals surface area contributed by atoms with Crippen LogP contribution in [0.2, 0.25) is 5.04 Å². The van der Waals surface area contributed by atoms with E-state index in [2.05, 4.69) is 23.7 Å². The van der Waals surface area contributed by atoms with Crippen molar-refractivity contribution in [1.29, 1.82) is 0 Å². The minimum absolute atomic E-state index is 0.272. The highest BCUT2D eigenvalue weighted by Crippen LogP contribution is 2.22. The molecule has 114 valence electrons. The Labute approximate surface area is 139 Å². The van der Waals surface area contributed by atoms with Crippen molar-refractivity contribution in [3.05, 3.63) is 71.8 Å². The molecular weight excluding hydrogens is 300 g/mol. The Hall–Kier alpha value is -2.75. The minimum atomic E-state index is -1.25. The number of carbonyl (C=O) groups excluding carboxylic acids is 1. The monoisotopic (exact) mass is 318 g/mol. The lowest BCUT2D eigenvalue weighted by Crippen LogP contribution is -2.19. The average molecular weight is 318 g/mol. The maximum Gasteiger partial charge on any atom is 0.289 e. The Morgan fingerprint density at radius 1 is 0.913 bits per heavy atom. The second-order valence-corrected chi connectivity index (χ2v) is 7.34. The fourth-order valence-electron chi connectivity index (χ4n) is 1.81. The Morgan fingerprint density at radius 2 is 1.35 bits per heavy atom. The van der Waals surface area contributed by atoms with Gasteiger partial charge in [-0.3, -0.25) is 4.79 Å². The predicted molar refractivity (Wildman–Crippen MR) is 95.3 cm³/mol. The van der Waals surface area contributed by atoms with Gasteiger partial charge in [-0.15, -0.1) is 0 Å². The van der Waals surface area contributed by atoms with Crippen molar-refractivity contribution in [2.45, 2.75) is 18.9 Å². The van der Waals surface area contributed by atoms with Gasteiger partial charge >= 0.3 is 0 Å². The highest BCUT2D eigenvalue weighted by Gasteiger charge is 2.22. The molecule has 0 saturated heterocycles. The van der Waals surface area contributed by atoms with Crippen molar-refractivity contribution < 1.29 is 9.22 Å². The number of benzene rings is 2. The average Bonchev–Trinajstić information content (AvgIpc) is 2.59. The Kier molecular flexibility index (Phi) is 5.80. The Bertz CT molecular complexity index is 717. The van der Waals surface area contributed by atoms with E-state index in [-0.39, 0.29) is 5.97 Å². The van der Waals surface area contributed by atoms with Crippen LogP contribution < -0.4 is 0 Å². The zero-order valence-corrected chi connectivity index (χ0v) is 14.7. The van der Waals surface area contributed by atoms with E-state index in [1.54, 1.807) is 0 Å². The first-order chi connectivity index (χ1) is 11.1. The van der Waals surface area contributed by atoms with Gasteiger partial charge in [0.2, 0.25) is 0 Å². The minimum Gasteiger partial charge on any atom is -0.523 e. The lowest BCUT2D eigenvalue weighted by Gasteiger charge is -2.15. The third kappa shape index (κ3) is 5.86. The van der Waals surface area contributed by atoms with Crippen LogP contribution in [0.4, 0.5) is 0 Å². The summed E-state index contributed by atoms with van der Waals surface area (Å²) in [6.45, 7) is 3.36. The van der Waals surface area contributed by atoms with Crippen molar-refractivity contribution in [1.82, 2.24) is 0 Å². The fraction of sp³-hybridized carbons (Fsp3) is 0.150. The maximum atomic E-state index is 11.2. The molecule has 0 amide bonds. The smallest absolute Gasteiger partial charge is 0.289 e. The maximum absolute atomic E-state index is 11.2. The quantitative estimate of drug-likeness (QED) is 0.629. The van der Waals surface area contributed by atoms with E-state index in [9.17, 15) is 4.79 Å². The van der Waals surface area contributed by atoms with Gasteiger partial charge in [0.25, 0.3) is 15.7 Å². The van der Waals surface area contributed by atoms with Crippen molar-refractivity contribution >= 4 is 15.7 Å². The summed E-state index contributed by atoms with van der Waals surface area (Å²) in [5, 5.41) is -0.586. The fourth-order valence-corrected chi connectivity index (χ4v) is 2.63. The molecule has 23 heavy (non-hydrogen) atoms. The summed E-state index contributed by atoms with van der Waals surface area (Å²) in [6.07, 6.45) is 0. The van der Waals surface area contributed by atoms with E-state index in [1.165, 1.54) is 6.92 Å². The molecule has 0 aliphatic rings. The summed E-state index contributed by atoms with van der Waals surface area (Å²) in [7, 11) is -1.25. The standard InChI is InChI=1S/C20H18O2Si/c1-17(21)22-23-20(2,15-13-18-9-5-3-6-10-18)16-14-19-11-7-4-8-12-19/h3-12H,23H2,1-2H3. The lowest BCUT2D eigenvalue weighted by atomic mass is 10.1. The molecule has 0 spiro atoms. The van der Waals surface area contributed by atoms with Crippen molar-refractivity contribution in [3.8, 4) is 23.7 Å². The second kappa shape index (κ2) is 8.03. The molecule has 2 aromatic rings. The Balaban J connectivity index is 2.27. The van der Waals surface area contributed by atoms with E-state index in [0.29, 0.717) is 0 Å². The second-order valence-electron chi connectivity index (χ2n) is 5.34. The van der Waals surface area contributed by atoms with Gasteiger partial charge in [0, 0.05) is 18.1 Å². The van der Waals surface area contributed by atoms with Crippen LogP contribution in [0.5, 0.6) is 0 Å². The molecule has 0 aromatic heterocycles. The number of hydrogen-bond donors (Lipinski definition) is 0. The van der Waals surface area contributed by atoms with Crippen LogP contribution in [0.1, 0.15) is 25.0 Å². The predicted octanol–water partition coefficient (Wildman–Crippen LogP) is 2.92. The van der Waals surface area contributed by atoms with Gasteiger partial charge in [0.05, 0.1) is 0 Å². The molecule has 0 N–H and O–H groups in total. The van der Waals surface area contributed by atoms with Gasteiger partial charge in [-0.2, -0.15) is 0 Å². The first kappa shape index (κ1) is 16.6. The molecule has 2 rings (SSSR count). The summed E-state index contributed by atoms with van der Waals surface area (Å²) in [4.78, 5) is 11.2. The van der Waals surface area contributed by atoms with E-state index in [0.717, 1.165) is 11.1 Å². The van der Waals surface area contributed by atoms with Gasteiger partial charge < -0.3 is 4.43 Å². The number of rotatable bonds is 2. The molecule has 0 fully saturated rings. The third-order valence-electron chi connectivity index (χ3n) is 3.08. The van der Waals surface area contributed by atoms with E-state index in [1.807, 2.05) is 67.6 Å². The highest BCUT2D eigenvalue weighted by molar-refractivity contribution is 6.38. The largest absolute Gasteiger partial charge is 0.523 e. The molecule has 0 unspecified atom stereocenters. The molecule has 0 radical (unpaired) electrons. The van der Waals surface area contributed by atoms with Gasteiger partial charge in [0.15, 0.2) is 0 Å². The summed E-state index contributed by atoms with van der Waals surface area (Å²) < 4.78 is 5.28. The van der Waals surface area contributed by atoms with Crippen LogP contribution in [0, 0.1) is 23.7 Å². The zero-order chi connectivity index (χ0) is 16.5. The first-order valence-electron chi connectivity index (χ1n) is 7.37. The Morgan fingerprint density at radius 3 is 1.74 bits per heavy atom. The van der Waals surface area contributed by atoms with E-state index < -0.39 is 14.8 Å². The van der Waals surface area contributed by atoms with Crippen molar-refractivity contribution in [2.75, 3.05) is 0 Å². The van der Waals surface area contributed by atoms with Gasteiger partial charge in [-0.1, -0.05) is 60.1 Å². The summed E-state index contributed by atoms with van der Waals surface area (Å²) >= 11 is 0. The summed E-state index contributed by atoms with van der Waals surface area (Å²) in [5.41, 5.74) is 1.86. The highest BCUT2D eigenvalue weighted by atomic mass is 28.2. The molecule has 0 aliphatic carbocycles. The molecule has 0 aliphatic heterocycles. The van der Waals surface area contributed by atoms with E-state index >= 15 is 0 Å². The number of hydrogen-bond acceptors (Lipinski definition) is 2. The van der Waals surface area contributed by atoms with Crippen LogP contribution in [-0.2, 0) is 9.22 Å². The van der Waals surface area contributed by atoms with Gasteiger partial charge in [-0.25, -0.2) is 0 Å². The van der Waals surface area contributed by atoms with Gasteiger partial charge in [0.1, 0.15) is 5.04 Å². The van der Waals surface area contributed by atoms with Crippen LogP contribution in [0.15, 0.2) is 60.7 Å². The van der Waals surface area contributed by atoms with Crippen molar-refractivity contribution in [2.24, 2.45) is 0 Å². The molecule has 0 saturated carbocycles. The third-order valence-corrected chi connectivity index (χ3v) is 4.56. The zero-order valence-electron chi connectivity index (χ0n) is 13.3. The van der Waals surface area contributed by atoms with Crippen molar-refractivity contribution in [3.63, 3.8) is 0 Å². The lowest BCUT2D eigenvalue weighted by molar-refractivity contribution is -0.132. The normalized spacial score (nSPS) is 10.3. The van der Waals surface area contributed by atoms with Crippen LogP contribution in [0.25, 0.3) is 0 Å². The van der Waals surface area contributed by atoms with Crippen LogP contribution in [0.3, 0.4) is 0 Å². The summed E-state index contributed by atoms with van der Waals surface area (Å²) in [5.74, 6) is 12.4. The molecule has 3 heteroatoms. The molecule has 2 aromatic carbocycles. The van der Waals surface area contributed by atoms with Gasteiger partial charge in [-0.05, 0) is 31.2 Å². The van der Waals surface area contributed by atoms with E-state index in [4.69, 9.17) is 4.43 Å². The first-order valence-corrected chi connectivity index (χ1v) is 8.66. The SMILES string of the molecule is CC(=O)O[SiH2]C(C)(C#Cc1ccccc1)C#Cc1ccccc1. The molecular formula is C20H18O2Si. The molecule has 2 nitrogen and oxygen atoms in total. The van der Waals surface area contributed by atoms with Crippen LogP contribution in [-0.4, -0.2) is 15.7 Å². The molecule has 0 atom stereocenters. The van der Waals surface area contributed by atoms with Crippen LogP contribution >= 0.6 is 0 Å².